The first-order chi connectivity index (χ1) is 12.2. The summed E-state index contributed by atoms with van der Waals surface area (Å²) < 4.78 is 15.7. The molecule has 0 bridgehead atoms. The normalized spacial score (nSPS) is 20.0. The highest BCUT2D eigenvalue weighted by atomic mass is 19.1. The van der Waals surface area contributed by atoms with Crippen LogP contribution in [0.2, 0.25) is 0 Å². The van der Waals surface area contributed by atoms with Crippen LogP contribution in [0.3, 0.4) is 0 Å². The van der Waals surface area contributed by atoms with Crippen molar-refractivity contribution in [3.8, 4) is 5.69 Å². The summed E-state index contributed by atoms with van der Waals surface area (Å²) in [7, 11) is 0. The molecule has 25 heavy (non-hydrogen) atoms. The van der Waals surface area contributed by atoms with Crippen molar-refractivity contribution in [1.29, 1.82) is 0 Å². The summed E-state index contributed by atoms with van der Waals surface area (Å²) in [6.07, 6.45) is 4.50. The molecule has 1 saturated heterocycles. The number of carbonyl (C=O) groups is 1. The number of nitrogens with one attached hydrogen (secondary N) is 2. The monoisotopic (exact) mass is 344 g/mol. The van der Waals surface area contributed by atoms with Crippen LogP contribution in [0.5, 0.6) is 0 Å². The third kappa shape index (κ3) is 3.68. The van der Waals surface area contributed by atoms with E-state index >= 15 is 0 Å². The third-order valence-corrected chi connectivity index (χ3v) is 4.84. The highest BCUT2D eigenvalue weighted by Crippen LogP contribution is 2.39. The molecule has 2 aromatic rings. The van der Waals surface area contributed by atoms with Gasteiger partial charge in [-0.2, -0.15) is 4.68 Å². The van der Waals surface area contributed by atoms with E-state index in [4.69, 9.17) is 0 Å². The van der Waals surface area contributed by atoms with Crippen molar-refractivity contribution in [1.82, 2.24) is 25.5 Å². The van der Waals surface area contributed by atoms with Gasteiger partial charge in [0.05, 0.1) is 0 Å². The van der Waals surface area contributed by atoms with Crippen LogP contribution in [-0.4, -0.2) is 39.2 Å². The number of halogens is 1. The van der Waals surface area contributed by atoms with Gasteiger partial charge in [0.2, 0.25) is 5.91 Å². The number of anilines is 1. The molecule has 1 amide bonds. The van der Waals surface area contributed by atoms with Gasteiger partial charge in [-0.05, 0) is 73.3 Å². The zero-order valence-corrected chi connectivity index (χ0v) is 13.9. The lowest BCUT2D eigenvalue weighted by atomic mass is 10.0. The smallest absolute Gasteiger partial charge is 0.224 e. The fraction of sp³-hybridized carbons (Fsp3) is 0.529. The molecule has 2 heterocycles. The molecule has 132 valence electrons. The first kappa shape index (κ1) is 16.1. The average molecular weight is 344 g/mol. The Kier molecular flexibility index (Phi) is 4.44. The fourth-order valence-electron chi connectivity index (χ4n) is 3.23. The molecular formula is C17H21FN6O. The molecule has 2 fully saturated rings. The number of amides is 1. The minimum Gasteiger partial charge on any atom is -0.326 e. The van der Waals surface area contributed by atoms with Crippen LogP contribution in [-0.2, 0) is 4.79 Å². The molecule has 0 radical (unpaired) electrons. The maximum absolute atomic E-state index is 14.3. The minimum absolute atomic E-state index is 0.0522. The molecule has 1 aliphatic carbocycles. The Balaban J connectivity index is 1.45. The van der Waals surface area contributed by atoms with Gasteiger partial charge in [0.25, 0.3) is 0 Å². The van der Waals surface area contributed by atoms with E-state index in [1.165, 1.54) is 10.7 Å². The Hall–Kier alpha value is -2.35. The average Bonchev–Trinajstić information content (AvgIpc) is 3.11. The molecule has 1 aromatic carbocycles. The number of tetrazole rings is 1. The van der Waals surface area contributed by atoms with Gasteiger partial charge in [0.15, 0.2) is 5.82 Å². The van der Waals surface area contributed by atoms with Crippen LogP contribution in [0, 0.1) is 11.7 Å². The number of hydrogen-bond donors (Lipinski definition) is 2. The van der Waals surface area contributed by atoms with E-state index in [1.807, 2.05) is 0 Å². The zero-order chi connectivity index (χ0) is 17.2. The molecule has 0 spiro atoms. The molecular weight excluding hydrogens is 323 g/mol. The van der Waals surface area contributed by atoms with Crippen LogP contribution in [0.1, 0.15) is 43.8 Å². The van der Waals surface area contributed by atoms with Crippen LogP contribution in [0.15, 0.2) is 18.2 Å². The third-order valence-electron chi connectivity index (χ3n) is 4.84. The van der Waals surface area contributed by atoms with Crippen molar-refractivity contribution in [3.63, 3.8) is 0 Å². The number of rotatable bonds is 6. The standard InChI is InChI=1S/C17H21FN6O/c18-14-5-4-13(20-16(25)6-1-11-7-8-19-10-11)9-15(14)24-17(12-2-3-12)21-22-23-24/h4-5,9,11-12,19H,1-3,6-8,10H2,(H,20,25). The van der Waals surface area contributed by atoms with Crippen molar-refractivity contribution in [2.24, 2.45) is 5.92 Å². The second kappa shape index (κ2) is 6.87. The van der Waals surface area contributed by atoms with E-state index in [9.17, 15) is 9.18 Å². The van der Waals surface area contributed by atoms with E-state index in [1.54, 1.807) is 12.1 Å². The number of aromatic nitrogens is 4. The maximum Gasteiger partial charge on any atom is 0.224 e. The summed E-state index contributed by atoms with van der Waals surface area (Å²) in [5.74, 6) is 1.08. The molecule has 4 rings (SSSR count). The molecule has 2 aliphatic rings. The molecule has 1 saturated carbocycles. The van der Waals surface area contributed by atoms with Crippen LogP contribution in [0.4, 0.5) is 10.1 Å². The van der Waals surface area contributed by atoms with Crippen molar-refractivity contribution in [2.75, 3.05) is 18.4 Å². The van der Waals surface area contributed by atoms with Crippen molar-refractivity contribution in [2.45, 2.75) is 38.0 Å². The van der Waals surface area contributed by atoms with Crippen LogP contribution in [0.25, 0.3) is 5.69 Å². The summed E-state index contributed by atoms with van der Waals surface area (Å²) in [6, 6.07) is 4.49. The summed E-state index contributed by atoms with van der Waals surface area (Å²) >= 11 is 0. The Labute approximate surface area is 145 Å². The summed E-state index contributed by atoms with van der Waals surface area (Å²) in [6.45, 7) is 2.01. The van der Waals surface area contributed by atoms with E-state index in [2.05, 4.69) is 26.2 Å². The van der Waals surface area contributed by atoms with Crippen LogP contribution < -0.4 is 10.6 Å². The number of nitrogens with zero attached hydrogens (tertiary/aromatic N) is 4. The van der Waals surface area contributed by atoms with Gasteiger partial charge in [0.1, 0.15) is 11.5 Å². The van der Waals surface area contributed by atoms with Crippen molar-refractivity contribution >= 4 is 11.6 Å². The number of carbonyl (C=O) groups excluding carboxylic acids is 1. The molecule has 1 atom stereocenters. The highest BCUT2D eigenvalue weighted by Gasteiger charge is 2.30. The second-order valence-corrected chi connectivity index (χ2v) is 6.84. The first-order valence-electron chi connectivity index (χ1n) is 8.79. The van der Waals surface area contributed by atoms with Gasteiger partial charge < -0.3 is 10.6 Å². The van der Waals surface area contributed by atoms with E-state index in [-0.39, 0.29) is 11.6 Å². The Morgan fingerprint density at radius 2 is 2.24 bits per heavy atom. The summed E-state index contributed by atoms with van der Waals surface area (Å²) in [5.41, 5.74) is 0.827. The van der Waals surface area contributed by atoms with Crippen molar-refractivity contribution in [3.05, 3.63) is 29.8 Å². The Morgan fingerprint density at radius 1 is 1.36 bits per heavy atom. The largest absolute Gasteiger partial charge is 0.326 e. The van der Waals surface area contributed by atoms with Gasteiger partial charge in [-0.25, -0.2) is 4.39 Å². The lowest BCUT2D eigenvalue weighted by molar-refractivity contribution is -0.116. The Bertz CT molecular complexity index is 766. The first-order valence-corrected chi connectivity index (χ1v) is 8.79. The van der Waals surface area contributed by atoms with Crippen LogP contribution >= 0.6 is 0 Å². The van der Waals surface area contributed by atoms with Gasteiger partial charge in [-0.3, -0.25) is 4.79 Å². The predicted molar refractivity (Wildman–Crippen MR) is 89.9 cm³/mol. The predicted octanol–water partition coefficient (Wildman–Crippen LogP) is 2.01. The zero-order valence-electron chi connectivity index (χ0n) is 13.9. The second-order valence-electron chi connectivity index (χ2n) is 6.84. The fourth-order valence-corrected chi connectivity index (χ4v) is 3.23. The van der Waals surface area contributed by atoms with Gasteiger partial charge >= 0.3 is 0 Å². The SMILES string of the molecule is O=C(CCC1CCNC1)Nc1ccc(F)c(-n2nnnc2C2CC2)c1. The maximum atomic E-state index is 14.3. The lowest BCUT2D eigenvalue weighted by Gasteiger charge is -2.11. The Morgan fingerprint density at radius 3 is 3.00 bits per heavy atom. The van der Waals surface area contributed by atoms with Gasteiger partial charge in [-0.1, -0.05) is 0 Å². The number of hydrogen-bond acceptors (Lipinski definition) is 5. The molecule has 1 aromatic heterocycles. The van der Waals surface area contributed by atoms with Crippen molar-refractivity contribution < 1.29 is 9.18 Å². The molecule has 7 nitrogen and oxygen atoms in total. The van der Waals surface area contributed by atoms with E-state index in [0.717, 1.165) is 38.8 Å². The summed E-state index contributed by atoms with van der Waals surface area (Å²) in [4.78, 5) is 12.2. The molecule has 1 unspecified atom stereocenters. The quantitative estimate of drug-likeness (QED) is 0.837. The van der Waals surface area contributed by atoms with Gasteiger partial charge in [0, 0.05) is 18.0 Å². The molecule has 1 aliphatic heterocycles. The van der Waals surface area contributed by atoms with E-state index < -0.39 is 5.82 Å². The molecule has 8 heteroatoms. The lowest BCUT2D eigenvalue weighted by Crippen LogP contribution is -2.15. The van der Waals surface area contributed by atoms with E-state index in [0.29, 0.717) is 29.8 Å². The molecule has 2 N–H and O–H groups in total. The van der Waals surface area contributed by atoms with Gasteiger partial charge in [-0.15, -0.1) is 5.10 Å². The minimum atomic E-state index is -0.413. The highest BCUT2D eigenvalue weighted by molar-refractivity contribution is 5.91. The summed E-state index contributed by atoms with van der Waals surface area (Å²) in [5, 5.41) is 17.7. The topological polar surface area (TPSA) is 84.7 Å². The number of benzene rings is 1.